The van der Waals surface area contributed by atoms with Crippen molar-refractivity contribution in [3.8, 4) is 16.6 Å². The summed E-state index contributed by atoms with van der Waals surface area (Å²) < 4.78 is 26.2. The van der Waals surface area contributed by atoms with E-state index in [1.54, 1.807) is 36.5 Å². The molecule has 1 aliphatic rings. The Hall–Kier alpha value is -4.04. The molecule has 1 aromatic heterocycles. The molecular weight excluding hydrogens is 520 g/mol. The summed E-state index contributed by atoms with van der Waals surface area (Å²) in [6, 6.07) is 17.0. The van der Waals surface area contributed by atoms with Crippen LogP contribution in [0.2, 0.25) is 5.02 Å². The number of amides is 2. The molecule has 0 spiro atoms. The van der Waals surface area contributed by atoms with Gasteiger partial charge in [0, 0.05) is 22.2 Å². The van der Waals surface area contributed by atoms with E-state index in [1.807, 2.05) is 6.07 Å². The van der Waals surface area contributed by atoms with Gasteiger partial charge in [-0.15, -0.1) is 11.3 Å². The van der Waals surface area contributed by atoms with Gasteiger partial charge in [-0.25, -0.2) is 13.4 Å². The highest BCUT2D eigenvalue weighted by Crippen LogP contribution is 2.34. The summed E-state index contributed by atoms with van der Waals surface area (Å²) in [6.07, 6.45) is 1.62. The number of fused-ring (bicyclic) bond motifs is 2. The summed E-state index contributed by atoms with van der Waals surface area (Å²) in [5.41, 5.74) is 1.40. The second-order valence-corrected chi connectivity index (χ2v) is 11.2. The first kappa shape index (κ1) is 23.7. The molecule has 0 saturated carbocycles. The third kappa shape index (κ3) is 4.24. The summed E-state index contributed by atoms with van der Waals surface area (Å²) in [5, 5.41) is 15.4. The van der Waals surface area contributed by atoms with Crippen LogP contribution in [0.3, 0.4) is 0 Å². The normalized spacial score (nSPS) is 13.5. The number of nitriles is 1. The number of thiazole rings is 1. The lowest BCUT2D eigenvalue weighted by atomic mass is 10.1. The number of carbonyl (C=O) groups excluding carboxylic acids is 2. The van der Waals surface area contributed by atoms with Gasteiger partial charge in [0.25, 0.3) is 11.8 Å². The monoisotopic (exact) mass is 534 g/mol. The smallest absolute Gasteiger partial charge is 0.257 e. The SMILES string of the molecule is N#Cc1ccc(-c2ncc(CNC(=O)c3ccc4c(c3)NC(=O)c3ccccc3S4(=O)=O)s2)c(Cl)c1. The van der Waals surface area contributed by atoms with Crippen LogP contribution in [0.1, 0.15) is 31.2 Å². The van der Waals surface area contributed by atoms with E-state index in [4.69, 9.17) is 16.9 Å². The number of nitrogens with zero attached hydrogens (tertiary/aromatic N) is 2. The Morgan fingerprint density at radius 3 is 2.67 bits per heavy atom. The van der Waals surface area contributed by atoms with Crippen molar-refractivity contribution in [2.75, 3.05) is 5.32 Å². The second-order valence-electron chi connectivity index (χ2n) is 7.79. The minimum Gasteiger partial charge on any atom is -0.347 e. The Balaban J connectivity index is 1.35. The van der Waals surface area contributed by atoms with E-state index in [0.29, 0.717) is 21.2 Å². The lowest BCUT2D eigenvalue weighted by molar-refractivity contribution is 0.0949. The highest BCUT2D eigenvalue weighted by molar-refractivity contribution is 7.91. The van der Waals surface area contributed by atoms with Crippen molar-refractivity contribution in [3.05, 3.63) is 93.5 Å². The Kier molecular flexibility index (Phi) is 6.05. The molecule has 0 radical (unpaired) electrons. The number of hydrogen-bond donors (Lipinski definition) is 2. The van der Waals surface area contributed by atoms with E-state index in [9.17, 15) is 18.0 Å². The maximum atomic E-state index is 13.1. The number of benzene rings is 3. The standard InChI is InChI=1S/C25H15ClN4O4S2/c26-19-9-14(11-27)5-7-17(19)25-29-13-16(35-25)12-28-23(31)15-6-8-22-20(10-15)30-24(32)18-3-1-2-4-21(18)36(22,33)34/h1-10,13H,12H2,(H,28,31)(H,30,32). The van der Waals surface area contributed by atoms with E-state index >= 15 is 0 Å². The molecule has 0 saturated heterocycles. The number of aromatic nitrogens is 1. The van der Waals surface area contributed by atoms with E-state index in [2.05, 4.69) is 15.6 Å². The van der Waals surface area contributed by atoms with Gasteiger partial charge >= 0.3 is 0 Å². The fraction of sp³-hybridized carbons (Fsp3) is 0.0400. The predicted octanol–water partition coefficient (Wildman–Crippen LogP) is 4.66. The van der Waals surface area contributed by atoms with Gasteiger partial charge in [0.1, 0.15) is 5.01 Å². The van der Waals surface area contributed by atoms with E-state index in [-0.39, 0.29) is 33.2 Å². The van der Waals surface area contributed by atoms with Crippen molar-refractivity contribution in [2.24, 2.45) is 0 Å². The van der Waals surface area contributed by atoms with Crippen molar-refractivity contribution in [1.29, 1.82) is 5.26 Å². The summed E-state index contributed by atoms with van der Waals surface area (Å²) >= 11 is 7.60. The van der Waals surface area contributed by atoms with Crippen LogP contribution in [0.5, 0.6) is 0 Å². The van der Waals surface area contributed by atoms with Crippen LogP contribution in [0, 0.1) is 11.3 Å². The molecule has 0 bridgehead atoms. The third-order valence-electron chi connectivity index (χ3n) is 5.51. The molecule has 8 nitrogen and oxygen atoms in total. The molecule has 2 N–H and O–H groups in total. The van der Waals surface area contributed by atoms with Crippen molar-refractivity contribution in [3.63, 3.8) is 0 Å². The van der Waals surface area contributed by atoms with Gasteiger partial charge in [-0.3, -0.25) is 9.59 Å². The van der Waals surface area contributed by atoms with Gasteiger partial charge < -0.3 is 10.6 Å². The largest absolute Gasteiger partial charge is 0.347 e. The number of sulfone groups is 1. The maximum Gasteiger partial charge on any atom is 0.257 e. The number of halogens is 1. The number of anilines is 1. The summed E-state index contributed by atoms with van der Waals surface area (Å²) in [7, 11) is -3.95. The average Bonchev–Trinajstić information content (AvgIpc) is 3.32. The first-order chi connectivity index (χ1) is 17.3. The van der Waals surface area contributed by atoms with Crippen LogP contribution in [0.4, 0.5) is 5.69 Å². The lowest BCUT2D eigenvalue weighted by Gasteiger charge is -2.10. The van der Waals surface area contributed by atoms with E-state index < -0.39 is 21.7 Å². The van der Waals surface area contributed by atoms with Gasteiger partial charge in [-0.2, -0.15) is 5.26 Å². The zero-order valence-corrected chi connectivity index (χ0v) is 20.7. The topological polar surface area (TPSA) is 129 Å². The highest BCUT2D eigenvalue weighted by Gasteiger charge is 2.31. The molecule has 5 rings (SSSR count). The van der Waals surface area contributed by atoms with Crippen molar-refractivity contribution in [1.82, 2.24) is 10.3 Å². The maximum absolute atomic E-state index is 13.1. The van der Waals surface area contributed by atoms with Crippen LogP contribution in [0.25, 0.3) is 10.6 Å². The van der Waals surface area contributed by atoms with Gasteiger partial charge in [-0.1, -0.05) is 23.7 Å². The van der Waals surface area contributed by atoms with Gasteiger partial charge in [0.05, 0.1) is 44.2 Å². The number of carbonyl (C=O) groups is 2. The van der Waals surface area contributed by atoms with E-state index in [1.165, 1.54) is 41.7 Å². The van der Waals surface area contributed by atoms with Gasteiger partial charge in [0.2, 0.25) is 9.84 Å². The van der Waals surface area contributed by atoms with Crippen molar-refractivity contribution < 1.29 is 18.0 Å². The number of rotatable bonds is 4. The molecule has 4 aromatic rings. The highest BCUT2D eigenvalue weighted by atomic mass is 35.5. The third-order valence-corrected chi connectivity index (χ3v) is 8.72. The molecule has 1 aliphatic heterocycles. The Morgan fingerprint density at radius 2 is 1.89 bits per heavy atom. The molecule has 0 fully saturated rings. The van der Waals surface area contributed by atoms with Gasteiger partial charge in [-0.05, 0) is 48.5 Å². The van der Waals surface area contributed by atoms with Crippen LogP contribution >= 0.6 is 22.9 Å². The molecule has 36 heavy (non-hydrogen) atoms. The molecule has 178 valence electrons. The molecule has 0 aliphatic carbocycles. The quantitative estimate of drug-likeness (QED) is 0.391. The zero-order chi connectivity index (χ0) is 25.4. The first-order valence-electron chi connectivity index (χ1n) is 10.5. The Bertz CT molecular complexity index is 1710. The first-order valence-corrected chi connectivity index (χ1v) is 13.2. The van der Waals surface area contributed by atoms with Crippen molar-refractivity contribution >= 4 is 50.3 Å². The Labute approximate surface area is 215 Å². The molecule has 11 heteroatoms. The molecule has 2 heterocycles. The van der Waals surface area contributed by atoms with Crippen LogP contribution in [-0.2, 0) is 16.4 Å². The molecule has 3 aromatic carbocycles. The zero-order valence-electron chi connectivity index (χ0n) is 18.3. The summed E-state index contributed by atoms with van der Waals surface area (Å²) in [4.78, 5) is 30.4. The molecule has 0 unspecified atom stereocenters. The second kappa shape index (κ2) is 9.20. The molecule has 0 atom stereocenters. The lowest BCUT2D eigenvalue weighted by Crippen LogP contribution is -2.22. The van der Waals surface area contributed by atoms with Gasteiger partial charge in [0.15, 0.2) is 0 Å². The summed E-state index contributed by atoms with van der Waals surface area (Å²) in [6.45, 7) is 0.178. The molecular formula is C25H15ClN4O4S2. The minimum absolute atomic E-state index is 0.0411. The summed E-state index contributed by atoms with van der Waals surface area (Å²) in [5.74, 6) is -1.01. The predicted molar refractivity (Wildman–Crippen MR) is 135 cm³/mol. The fourth-order valence-electron chi connectivity index (χ4n) is 3.74. The van der Waals surface area contributed by atoms with Crippen LogP contribution < -0.4 is 10.6 Å². The molecule has 2 amide bonds. The average molecular weight is 535 g/mol. The fourth-order valence-corrected chi connectivity index (χ4v) is 6.55. The van der Waals surface area contributed by atoms with E-state index in [0.717, 1.165) is 4.88 Å². The number of nitrogens with one attached hydrogen (secondary N) is 2. The van der Waals surface area contributed by atoms with Crippen molar-refractivity contribution in [2.45, 2.75) is 16.3 Å². The van der Waals surface area contributed by atoms with Crippen LogP contribution in [0.15, 0.2) is 76.7 Å². The minimum atomic E-state index is -3.95. The Morgan fingerprint density at radius 1 is 1.08 bits per heavy atom. The number of hydrogen-bond acceptors (Lipinski definition) is 7. The van der Waals surface area contributed by atoms with Crippen LogP contribution in [-0.4, -0.2) is 25.2 Å².